The van der Waals surface area contributed by atoms with Crippen molar-refractivity contribution >= 4 is 0 Å². The van der Waals surface area contributed by atoms with Crippen LogP contribution in [-0.4, -0.2) is 61.7 Å². The Labute approximate surface area is 115 Å². The van der Waals surface area contributed by atoms with Crippen LogP contribution in [0.2, 0.25) is 0 Å². The van der Waals surface area contributed by atoms with E-state index in [1.54, 1.807) is 0 Å². The van der Waals surface area contributed by atoms with Crippen molar-refractivity contribution in [3.8, 4) is 0 Å². The van der Waals surface area contributed by atoms with Gasteiger partial charge in [0.1, 0.15) is 0 Å². The largest absolute Gasteiger partial charge is 0.311 e. The first kappa shape index (κ1) is 17.9. The Bertz CT molecular complexity index is 161. The maximum Gasteiger partial charge on any atom is 0.0322 e. The summed E-state index contributed by atoms with van der Waals surface area (Å²) in [5.74, 6) is 0.723. The normalized spacial score (nSPS) is 12.3. The zero-order valence-corrected chi connectivity index (χ0v) is 13.5. The van der Waals surface area contributed by atoms with E-state index in [0.29, 0.717) is 6.04 Å². The van der Waals surface area contributed by atoms with Gasteiger partial charge in [0.15, 0.2) is 0 Å². The van der Waals surface area contributed by atoms with Crippen molar-refractivity contribution in [3.05, 3.63) is 0 Å². The molecule has 0 aliphatic heterocycles. The standard InChI is InChI=1S/C15H35N3/c1-7-17(8-2)12-15(16-11-14(5)6)13-18(9-3)10-4/h14-16H,7-13H2,1-6H3. The monoisotopic (exact) mass is 257 g/mol. The van der Waals surface area contributed by atoms with E-state index in [2.05, 4.69) is 56.7 Å². The number of likely N-dealkylation sites (N-methyl/N-ethyl adjacent to an activating group) is 2. The van der Waals surface area contributed by atoms with Crippen molar-refractivity contribution in [2.24, 2.45) is 5.92 Å². The molecule has 0 bridgehead atoms. The van der Waals surface area contributed by atoms with E-state index in [9.17, 15) is 0 Å². The van der Waals surface area contributed by atoms with Gasteiger partial charge in [-0.3, -0.25) is 0 Å². The summed E-state index contributed by atoms with van der Waals surface area (Å²) >= 11 is 0. The maximum atomic E-state index is 3.73. The molecule has 3 heteroatoms. The van der Waals surface area contributed by atoms with Crippen LogP contribution < -0.4 is 5.32 Å². The lowest BCUT2D eigenvalue weighted by Crippen LogP contribution is -2.49. The van der Waals surface area contributed by atoms with Gasteiger partial charge in [-0.05, 0) is 38.6 Å². The molecule has 0 saturated heterocycles. The van der Waals surface area contributed by atoms with E-state index in [0.717, 1.165) is 51.7 Å². The Morgan fingerprint density at radius 2 is 1.17 bits per heavy atom. The molecule has 0 unspecified atom stereocenters. The lowest BCUT2D eigenvalue weighted by molar-refractivity contribution is 0.205. The van der Waals surface area contributed by atoms with Gasteiger partial charge in [-0.2, -0.15) is 0 Å². The third-order valence-electron chi connectivity index (χ3n) is 3.56. The Balaban J connectivity index is 4.30. The Morgan fingerprint density at radius 3 is 1.44 bits per heavy atom. The summed E-state index contributed by atoms with van der Waals surface area (Å²) in [7, 11) is 0. The van der Waals surface area contributed by atoms with Crippen LogP contribution in [0.3, 0.4) is 0 Å². The first-order chi connectivity index (χ1) is 8.57. The van der Waals surface area contributed by atoms with E-state index in [4.69, 9.17) is 0 Å². The van der Waals surface area contributed by atoms with Crippen LogP contribution in [0.25, 0.3) is 0 Å². The van der Waals surface area contributed by atoms with Crippen LogP contribution >= 0.6 is 0 Å². The van der Waals surface area contributed by atoms with Crippen LogP contribution in [0, 0.1) is 5.92 Å². The van der Waals surface area contributed by atoms with Gasteiger partial charge in [-0.1, -0.05) is 41.5 Å². The first-order valence-corrected chi connectivity index (χ1v) is 7.75. The van der Waals surface area contributed by atoms with Crippen LogP contribution in [0.4, 0.5) is 0 Å². The summed E-state index contributed by atoms with van der Waals surface area (Å²) in [4.78, 5) is 5.03. The van der Waals surface area contributed by atoms with Crippen LogP contribution in [0.5, 0.6) is 0 Å². The molecule has 0 aliphatic rings. The van der Waals surface area contributed by atoms with E-state index in [1.807, 2.05) is 0 Å². The van der Waals surface area contributed by atoms with Gasteiger partial charge in [0.2, 0.25) is 0 Å². The minimum Gasteiger partial charge on any atom is -0.311 e. The fraction of sp³-hybridized carbons (Fsp3) is 1.00. The minimum absolute atomic E-state index is 0.590. The highest BCUT2D eigenvalue weighted by Crippen LogP contribution is 1.99. The molecule has 18 heavy (non-hydrogen) atoms. The topological polar surface area (TPSA) is 18.5 Å². The highest BCUT2D eigenvalue weighted by molar-refractivity contribution is 4.75. The zero-order chi connectivity index (χ0) is 14.0. The molecule has 0 rings (SSSR count). The summed E-state index contributed by atoms with van der Waals surface area (Å²) in [5.41, 5.74) is 0. The molecule has 3 nitrogen and oxygen atoms in total. The molecule has 0 aromatic rings. The van der Waals surface area contributed by atoms with Gasteiger partial charge in [0.05, 0.1) is 0 Å². The fourth-order valence-electron chi connectivity index (χ4n) is 2.18. The minimum atomic E-state index is 0.590. The third kappa shape index (κ3) is 8.06. The lowest BCUT2D eigenvalue weighted by Gasteiger charge is -2.31. The smallest absolute Gasteiger partial charge is 0.0322 e. The molecule has 1 N–H and O–H groups in total. The number of nitrogens with zero attached hydrogens (tertiary/aromatic N) is 2. The SMILES string of the molecule is CCN(CC)CC(CN(CC)CC)NCC(C)C. The van der Waals surface area contributed by atoms with Crippen LogP contribution in [0.15, 0.2) is 0 Å². The molecule has 0 aromatic heterocycles. The maximum absolute atomic E-state index is 3.73. The van der Waals surface area contributed by atoms with Crippen molar-refractivity contribution in [3.63, 3.8) is 0 Å². The van der Waals surface area contributed by atoms with Gasteiger partial charge in [-0.25, -0.2) is 0 Å². The lowest BCUT2D eigenvalue weighted by atomic mass is 10.2. The van der Waals surface area contributed by atoms with Crippen molar-refractivity contribution < 1.29 is 0 Å². The summed E-state index contributed by atoms with van der Waals surface area (Å²) in [6, 6.07) is 0.590. The predicted octanol–water partition coefficient (Wildman–Crippen LogP) is 2.28. The Kier molecular flexibility index (Phi) is 10.7. The Morgan fingerprint density at radius 1 is 0.778 bits per heavy atom. The quantitative estimate of drug-likeness (QED) is 0.613. The summed E-state index contributed by atoms with van der Waals surface area (Å²) in [5, 5.41) is 3.73. The highest BCUT2D eigenvalue weighted by atomic mass is 15.2. The van der Waals surface area contributed by atoms with E-state index in [-0.39, 0.29) is 0 Å². The molecular formula is C15H35N3. The average Bonchev–Trinajstić information content (AvgIpc) is 2.37. The van der Waals surface area contributed by atoms with Gasteiger partial charge < -0.3 is 15.1 Å². The first-order valence-electron chi connectivity index (χ1n) is 7.75. The van der Waals surface area contributed by atoms with Crippen molar-refractivity contribution in [1.82, 2.24) is 15.1 Å². The fourth-order valence-corrected chi connectivity index (χ4v) is 2.18. The van der Waals surface area contributed by atoms with Gasteiger partial charge in [-0.15, -0.1) is 0 Å². The second-order valence-corrected chi connectivity index (χ2v) is 5.47. The van der Waals surface area contributed by atoms with Gasteiger partial charge in [0, 0.05) is 19.1 Å². The molecule has 0 heterocycles. The molecule has 0 saturated carbocycles. The van der Waals surface area contributed by atoms with Crippen molar-refractivity contribution in [2.75, 3.05) is 45.8 Å². The molecule has 0 spiro atoms. The van der Waals surface area contributed by atoms with E-state index in [1.165, 1.54) is 0 Å². The summed E-state index contributed by atoms with van der Waals surface area (Å²) in [6.45, 7) is 21.6. The molecule has 110 valence electrons. The van der Waals surface area contributed by atoms with Crippen molar-refractivity contribution in [2.45, 2.75) is 47.6 Å². The predicted molar refractivity (Wildman–Crippen MR) is 82.2 cm³/mol. The number of rotatable bonds is 11. The molecule has 0 fully saturated rings. The number of hydrogen-bond donors (Lipinski definition) is 1. The molecule has 0 amide bonds. The molecular weight excluding hydrogens is 222 g/mol. The number of nitrogens with one attached hydrogen (secondary N) is 1. The molecule has 0 atom stereocenters. The molecule has 0 radical (unpaired) electrons. The second kappa shape index (κ2) is 10.8. The van der Waals surface area contributed by atoms with Crippen LogP contribution in [0.1, 0.15) is 41.5 Å². The van der Waals surface area contributed by atoms with Gasteiger partial charge >= 0.3 is 0 Å². The zero-order valence-electron chi connectivity index (χ0n) is 13.5. The van der Waals surface area contributed by atoms with Crippen LogP contribution in [-0.2, 0) is 0 Å². The van der Waals surface area contributed by atoms with Gasteiger partial charge in [0.25, 0.3) is 0 Å². The third-order valence-corrected chi connectivity index (χ3v) is 3.56. The second-order valence-electron chi connectivity index (χ2n) is 5.47. The van der Waals surface area contributed by atoms with E-state index >= 15 is 0 Å². The number of hydrogen-bond acceptors (Lipinski definition) is 3. The van der Waals surface area contributed by atoms with E-state index < -0.39 is 0 Å². The highest BCUT2D eigenvalue weighted by Gasteiger charge is 2.15. The molecule has 0 aromatic carbocycles. The summed E-state index contributed by atoms with van der Waals surface area (Å²) in [6.07, 6.45) is 0. The van der Waals surface area contributed by atoms with Crippen molar-refractivity contribution in [1.29, 1.82) is 0 Å². The molecule has 0 aliphatic carbocycles. The average molecular weight is 257 g/mol. The Hall–Kier alpha value is -0.120. The summed E-state index contributed by atoms with van der Waals surface area (Å²) < 4.78 is 0.